The minimum Gasteiger partial charge on any atom is -0.490 e. The highest BCUT2D eigenvalue weighted by molar-refractivity contribution is 5.84. The van der Waals surface area contributed by atoms with Gasteiger partial charge in [-0.25, -0.2) is 9.79 Å². The Bertz CT molecular complexity index is 696. The first-order valence-electron chi connectivity index (χ1n) is 8.39. The SMILES string of the molecule is CCC(N=C=O)C1CCC(Oc2ccnc3ccccc23)CC1. The van der Waals surface area contributed by atoms with E-state index in [-0.39, 0.29) is 12.1 Å². The van der Waals surface area contributed by atoms with Crippen LogP contribution in [0.3, 0.4) is 0 Å². The van der Waals surface area contributed by atoms with Crippen LogP contribution < -0.4 is 4.74 Å². The summed E-state index contributed by atoms with van der Waals surface area (Å²) >= 11 is 0. The van der Waals surface area contributed by atoms with Gasteiger partial charge in [0, 0.05) is 11.6 Å². The third-order valence-corrected chi connectivity index (χ3v) is 4.80. The molecule has 1 fully saturated rings. The maximum Gasteiger partial charge on any atom is 0.235 e. The monoisotopic (exact) mass is 310 g/mol. The van der Waals surface area contributed by atoms with Gasteiger partial charge in [0.15, 0.2) is 0 Å². The van der Waals surface area contributed by atoms with E-state index in [2.05, 4.69) is 23.0 Å². The van der Waals surface area contributed by atoms with Gasteiger partial charge in [0.05, 0.1) is 17.7 Å². The number of carbonyl (C=O) groups excluding carboxylic acids is 1. The van der Waals surface area contributed by atoms with E-state index >= 15 is 0 Å². The maximum absolute atomic E-state index is 10.5. The van der Waals surface area contributed by atoms with E-state index in [0.29, 0.717) is 5.92 Å². The van der Waals surface area contributed by atoms with Gasteiger partial charge < -0.3 is 4.74 Å². The largest absolute Gasteiger partial charge is 0.490 e. The lowest BCUT2D eigenvalue weighted by Crippen LogP contribution is -2.29. The van der Waals surface area contributed by atoms with E-state index in [4.69, 9.17) is 4.74 Å². The van der Waals surface area contributed by atoms with Gasteiger partial charge in [-0.2, -0.15) is 0 Å². The number of ether oxygens (including phenoxy) is 1. The zero-order valence-electron chi connectivity index (χ0n) is 13.4. The van der Waals surface area contributed by atoms with E-state index in [1.807, 2.05) is 24.3 Å². The number of hydrogen-bond acceptors (Lipinski definition) is 4. The molecule has 1 aromatic heterocycles. The average molecular weight is 310 g/mol. The van der Waals surface area contributed by atoms with Crippen LogP contribution in [0, 0.1) is 5.92 Å². The minimum atomic E-state index is 0.121. The van der Waals surface area contributed by atoms with Crippen molar-refractivity contribution in [2.24, 2.45) is 10.9 Å². The molecule has 23 heavy (non-hydrogen) atoms. The van der Waals surface area contributed by atoms with Crippen LogP contribution in [0.1, 0.15) is 39.0 Å². The first-order chi connectivity index (χ1) is 11.3. The van der Waals surface area contributed by atoms with E-state index in [1.165, 1.54) is 0 Å². The van der Waals surface area contributed by atoms with Crippen molar-refractivity contribution in [2.45, 2.75) is 51.2 Å². The second-order valence-electron chi connectivity index (χ2n) is 6.18. The number of rotatable bonds is 5. The van der Waals surface area contributed by atoms with Gasteiger partial charge in [0.2, 0.25) is 6.08 Å². The van der Waals surface area contributed by atoms with Crippen LogP contribution in [-0.4, -0.2) is 23.2 Å². The van der Waals surface area contributed by atoms with Gasteiger partial charge in [-0.1, -0.05) is 19.1 Å². The highest BCUT2D eigenvalue weighted by atomic mass is 16.5. The van der Waals surface area contributed by atoms with Crippen molar-refractivity contribution in [2.75, 3.05) is 0 Å². The van der Waals surface area contributed by atoms with Gasteiger partial charge in [-0.15, -0.1) is 0 Å². The molecular weight excluding hydrogens is 288 g/mol. The highest BCUT2D eigenvalue weighted by Gasteiger charge is 2.27. The summed E-state index contributed by atoms with van der Waals surface area (Å²) in [5.74, 6) is 1.40. The quantitative estimate of drug-likeness (QED) is 0.611. The summed E-state index contributed by atoms with van der Waals surface area (Å²) in [6, 6.07) is 10.1. The summed E-state index contributed by atoms with van der Waals surface area (Å²) in [6.45, 7) is 2.08. The molecule has 0 bridgehead atoms. The number of aromatic nitrogens is 1. The Morgan fingerprint density at radius 1 is 1.26 bits per heavy atom. The Labute approximate surface area is 136 Å². The summed E-state index contributed by atoms with van der Waals surface area (Å²) in [7, 11) is 0. The Morgan fingerprint density at radius 2 is 2.04 bits per heavy atom. The molecule has 1 aromatic carbocycles. The number of fused-ring (bicyclic) bond motifs is 1. The number of pyridine rings is 1. The predicted octanol–water partition coefficient (Wildman–Crippen LogP) is 4.29. The van der Waals surface area contributed by atoms with Crippen LogP contribution in [-0.2, 0) is 4.79 Å². The lowest BCUT2D eigenvalue weighted by molar-refractivity contribution is 0.124. The third kappa shape index (κ3) is 3.59. The molecule has 0 amide bonds. The lowest BCUT2D eigenvalue weighted by atomic mass is 9.82. The summed E-state index contributed by atoms with van der Waals surface area (Å²) in [5, 5.41) is 1.06. The summed E-state index contributed by atoms with van der Waals surface area (Å²) in [5.41, 5.74) is 0.963. The van der Waals surface area contributed by atoms with E-state index in [0.717, 1.165) is 48.8 Å². The summed E-state index contributed by atoms with van der Waals surface area (Å²) in [6.07, 6.45) is 8.78. The second-order valence-corrected chi connectivity index (χ2v) is 6.18. The number of isocyanates is 1. The Morgan fingerprint density at radius 3 is 2.78 bits per heavy atom. The maximum atomic E-state index is 10.5. The number of aliphatic imine (C=N–C) groups is 1. The molecule has 1 heterocycles. The van der Waals surface area contributed by atoms with Crippen LogP contribution >= 0.6 is 0 Å². The van der Waals surface area contributed by atoms with Crippen molar-refractivity contribution in [1.82, 2.24) is 4.98 Å². The predicted molar refractivity (Wildman–Crippen MR) is 90.3 cm³/mol. The standard InChI is InChI=1S/C19H22N2O2/c1-2-17(21-13-22)14-7-9-15(10-8-14)23-19-11-12-20-18-6-4-3-5-16(18)19/h3-6,11-12,14-15,17H,2,7-10H2,1H3. The van der Waals surface area contributed by atoms with Gasteiger partial charge >= 0.3 is 0 Å². The first kappa shape index (κ1) is 15.7. The van der Waals surface area contributed by atoms with Gasteiger partial charge in [-0.05, 0) is 56.2 Å². The fraction of sp³-hybridized carbons (Fsp3) is 0.474. The fourth-order valence-corrected chi connectivity index (χ4v) is 3.54. The Balaban J connectivity index is 1.65. The first-order valence-corrected chi connectivity index (χ1v) is 8.39. The normalized spacial score (nSPS) is 22.3. The molecule has 4 nitrogen and oxygen atoms in total. The van der Waals surface area contributed by atoms with Crippen molar-refractivity contribution >= 4 is 17.0 Å². The molecule has 1 aliphatic rings. The van der Waals surface area contributed by atoms with Gasteiger partial charge in [0.25, 0.3) is 0 Å². The van der Waals surface area contributed by atoms with Crippen LogP contribution in [0.5, 0.6) is 5.75 Å². The molecule has 120 valence electrons. The molecule has 2 aromatic rings. The van der Waals surface area contributed by atoms with Crippen LogP contribution in [0.15, 0.2) is 41.5 Å². The van der Waals surface area contributed by atoms with Crippen LogP contribution in [0.4, 0.5) is 0 Å². The smallest absolute Gasteiger partial charge is 0.235 e. The second kappa shape index (κ2) is 7.38. The molecule has 1 saturated carbocycles. The molecule has 0 aliphatic heterocycles. The average Bonchev–Trinajstić information content (AvgIpc) is 2.61. The number of para-hydroxylation sites is 1. The lowest BCUT2D eigenvalue weighted by Gasteiger charge is -2.31. The van der Waals surface area contributed by atoms with E-state index < -0.39 is 0 Å². The molecule has 4 heteroatoms. The number of benzene rings is 1. The zero-order valence-corrected chi connectivity index (χ0v) is 13.4. The Kier molecular flexibility index (Phi) is 5.04. The van der Waals surface area contributed by atoms with Crippen molar-refractivity contribution < 1.29 is 9.53 Å². The minimum absolute atomic E-state index is 0.121. The number of nitrogens with zero attached hydrogens (tertiary/aromatic N) is 2. The topological polar surface area (TPSA) is 51.5 Å². The molecule has 3 rings (SSSR count). The summed E-state index contributed by atoms with van der Waals surface area (Å²) in [4.78, 5) is 18.9. The molecule has 0 spiro atoms. The van der Waals surface area contributed by atoms with Crippen LogP contribution in [0.2, 0.25) is 0 Å². The molecule has 1 aliphatic carbocycles. The Hall–Kier alpha value is -2.19. The van der Waals surface area contributed by atoms with Gasteiger partial charge in [0.1, 0.15) is 5.75 Å². The molecular formula is C19H22N2O2. The van der Waals surface area contributed by atoms with Crippen molar-refractivity contribution in [3.63, 3.8) is 0 Å². The van der Waals surface area contributed by atoms with E-state index in [1.54, 1.807) is 12.3 Å². The van der Waals surface area contributed by atoms with Gasteiger partial charge in [-0.3, -0.25) is 4.98 Å². The summed E-state index contributed by atoms with van der Waals surface area (Å²) < 4.78 is 6.24. The van der Waals surface area contributed by atoms with E-state index in [9.17, 15) is 4.79 Å². The fourth-order valence-electron chi connectivity index (χ4n) is 3.54. The molecule has 0 saturated heterocycles. The molecule has 1 unspecified atom stereocenters. The molecule has 1 atom stereocenters. The third-order valence-electron chi connectivity index (χ3n) is 4.80. The van der Waals surface area contributed by atoms with Crippen molar-refractivity contribution in [1.29, 1.82) is 0 Å². The van der Waals surface area contributed by atoms with Crippen molar-refractivity contribution in [3.8, 4) is 5.75 Å². The highest BCUT2D eigenvalue weighted by Crippen LogP contribution is 2.33. The van der Waals surface area contributed by atoms with Crippen molar-refractivity contribution in [3.05, 3.63) is 36.5 Å². The zero-order chi connectivity index (χ0) is 16.1. The molecule has 0 radical (unpaired) electrons. The molecule has 0 N–H and O–H groups in total. The van der Waals surface area contributed by atoms with Crippen LogP contribution in [0.25, 0.3) is 10.9 Å². The number of hydrogen-bond donors (Lipinski definition) is 0.